The zero-order chi connectivity index (χ0) is 11.8. The highest BCUT2D eigenvalue weighted by Gasteiger charge is 2.44. The molecule has 2 nitrogen and oxygen atoms in total. The minimum absolute atomic E-state index is 0.333. The van der Waals surface area contributed by atoms with Crippen LogP contribution in [0.1, 0.15) is 42.1 Å². The third-order valence-electron chi connectivity index (χ3n) is 3.66. The van der Waals surface area contributed by atoms with Crippen molar-refractivity contribution in [3.8, 4) is 0 Å². The van der Waals surface area contributed by atoms with Gasteiger partial charge in [-0.25, -0.2) is 0 Å². The van der Waals surface area contributed by atoms with Crippen LogP contribution in [-0.2, 0) is 4.74 Å². The van der Waals surface area contributed by atoms with Crippen molar-refractivity contribution in [1.82, 2.24) is 0 Å². The number of hydrogen-bond donors (Lipinski definition) is 1. The van der Waals surface area contributed by atoms with Gasteiger partial charge in [0, 0.05) is 7.11 Å². The molecule has 0 radical (unpaired) electrons. The number of ether oxygens (including phenoxy) is 1. The summed E-state index contributed by atoms with van der Waals surface area (Å²) in [4.78, 5) is 0. The lowest BCUT2D eigenvalue weighted by molar-refractivity contribution is -0.151. The van der Waals surface area contributed by atoms with Crippen molar-refractivity contribution >= 4 is 0 Å². The zero-order valence-corrected chi connectivity index (χ0v) is 10.3. The van der Waals surface area contributed by atoms with Gasteiger partial charge in [-0.05, 0) is 38.7 Å². The van der Waals surface area contributed by atoms with E-state index in [-0.39, 0.29) is 5.60 Å². The van der Waals surface area contributed by atoms with Gasteiger partial charge in [0.25, 0.3) is 0 Å². The molecular weight excluding hydrogens is 200 g/mol. The zero-order valence-electron chi connectivity index (χ0n) is 10.3. The largest absolute Gasteiger partial charge is 0.385 e. The van der Waals surface area contributed by atoms with Crippen LogP contribution in [0.3, 0.4) is 0 Å². The average Bonchev–Trinajstić information content (AvgIpc) is 2.15. The lowest BCUT2D eigenvalue weighted by Crippen LogP contribution is -2.45. The molecule has 0 amide bonds. The topological polar surface area (TPSA) is 29.5 Å². The van der Waals surface area contributed by atoms with Gasteiger partial charge in [0.05, 0.1) is 5.60 Å². The fraction of sp³-hybridized carbons (Fsp3) is 0.571. The van der Waals surface area contributed by atoms with E-state index in [1.165, 1.54) is 11.1 Å². The smallest absolute Gasteiger partial charge is 0.108 e. The van der Waals surface area contributed by atoms with Crippen LogP contribution in [0.5, 0.6) is 0 Å². The summed E-state index contributed by atoms with van der Waals surface area (Å²) < 4.78 is 5.52. The molecule has 88 valence electrons. The Morgan fingerprint density at radius 1 is 1.19 bits per heavy atom. The van der Waals surface area contributed by atoms with Crippen molar-refractivity contribution in [1.29, 1.82) is 0 Å². The number of hydrogen-bond acceptors (Lipinski definition) is 2. The quantitative estimate of drug-likeness (QED) is 0.848. The summed E-state index contributed by atoms with van der Waals surface area (Å²) in [5.41, 5.74) is 3.04. The number of benzene rings is 1. The van der Waals surface area contributed by atoms with Crippen LogP contribution in [0.4, 0.5) is 0 Å². The molecule has 0 aromatic heterocycles. The predicted molar refractivity (Wildman–Crippen MR) is 64.5 cm³/mol. The van der Waals surface area contributed by atoms with Crippen molar-refractivity contribution in [2.45, 2.75) is 44.8 Å². The van der Waals surface area contributed by atoms with Gasteiger partial charge in [0.2, 0.25) is 0 Å². The molecule has 1 unspecified atom stereocenters. The monoisotopic (exact) mass is 220 g/mol. The molecule has 16 heavy (non-hydrogen) atoms. The van der Waals surface area contributed by atoms with E-state index < -0.39 is 6.10 Å². The summed E-state index contributed by atoms with van der Waals surface area (Å²) in [6.07, 6.45) is 2.57. The maximum Gasteiger partial charge on any atom is 0.108 e. The third-order valence-corrected chi connectivity index (χ3v) is 3.66. The van der Waals surface area contributed by atoms with Crippen LogP contribution >= 0.6 is 0 Å². The minimum Gasteiger partial charge on any atom is -0.385 e. The number of aliphatic hydroxyl groups is 1. The molecule has 1 aliphatic rings. The maximum atomic E-state index is 10.4. The number of aliphatic hydroxyl groups excluding tert-OH is 1. The molecule has 1 aromatic carbocycles. The Balaban J connectivity index is 2.29. The van der Waals surface area contributed by atoms with E-state index in [2.05, 4.69) is 32.0 Å². The molecular formula is C14H20O2. The SMILES string of the molecule is COC1(C(O)c2cc(C)cc(C)c2)CCC1. The van der Waals surface area contributed by atoms with Gasteiger partial charge in [-0.3, -0.25) is 0 Å². The van der Waals surface area contributed by atoms with Crippen LogP contribution in [0.25, 0.3) is 0 Å². The Labute approximate surface area is 97.3 Å². The van der Waals surface area contributed by atoms with Crippen LogP contribution in [0, 0.1) is 13.8 Å². The molecule has 0 heterocycles. The summed E-state index contributed by atoms with van der Waals surface area (Å²) in [7, 11) is 1.70. The van der Waals surface area contributed by atoms with Crippen LogP contribution in [-0.4, -0.2) is 17.8 Å². The Hall–Kier alpha value is -0.860. The fourth-order valence-corrected chi connectivity index (χ4v) is 2.59. The summed E-state index contributed by atoms with van der Waals surface area (Å²) >= 11 is 0. The number of aryl methyl sites for hydroxylation is 2. The van der Waals surface area contributed by atoms with Crippen LogP contribution in [0.2, 0.25) is 0 Å². The Morgan fingerprint density at radius 3 is 2.12 bits per heavy atom. The van der Waals surface area contributed by atoms with E-state index in [1.807, 2.05) is 0 Å². The van der Waals surface area contributed by atoms with Crippen molar-refractivity contribution in [2.24, 2.45) is 0 Å². The first-order chi connectivity index (χ1) is 7.57. The Kier molecular flexibility index (Phi) is 3.04. The van der Waals surface area contributed by atoms with Crippen molar-refractivity contribution in [3.63, 3.8) is 0 Å². The van der Waals surface area contributed by atoms with Crippen LogP contribution in [0.15, 0.2) is 18.2 Å². The van der Waals surface area contributed by atoms with Crippen molar-refractivity contribution in [2.75, 3.05) is 7.11 Å². The van der Waals surface area contributed by atoms with Crippen LogP contribution < -0.4 is 0 Å². The second-order valence-electron chi connectivity index (χ2n) is 4.95. The lowest BCUT2D eigenvalue weighted by Gasteiger charge is -2.44. The molecule has 1 saturated carbocycles. The molecule has 1 fully saturated rings. The highest BCUT2D eigenvalue weighted by molar-refractivity contribution is 5.31. The van der Waals surface area contributed by atoms with E-state index in [0.29, 0.717) is 0 Å². The summed E-state index contributed by atoms with van der Waals surface area (Å²) in [5.74, 6) is 0. The highest BCUT2D eigenvalue weighted by Crippen LogP contribution is 2.44. The predicted octanol–water partition coefficient (Wildman–Crippen LogP) is 2.91. The molecule has 0 saturated heterocycles. The highest BCUT2D eigenvalue weighted by atomic mass is 16.5. The number of methoxy groups -OCH3 is 1. The van der Waals surface area contributed by atoms with E-state index in [1.54, 1.807) is 7.11 Å². The van der Waals surface area contributed by atoms with E-state index >= 15 is 0 Å². The lowest BCUT2D eigenvalue weighted by atomic mass is 9.73. The first-order valence-corrected chi connectivity index (χ1v) is 5.89. The molecule has 1 aromatic rings. The fourth-order valence-electron chi connectivity index (χ4n) is 2.59. The van der Waals surface area contributed by atoms with Gasteiger partial charge in [-0.1, -0.05) is 29.3 Å². The van der Waals surface area contributed by atoms with Gasteiger partial charge in [-0.2, -0.15) is 0 Å². The van der Waals surface area contributed by atoms with Gasteiger partial charge >= 0.3 is 0 Å². The third kappa shape index (κ3) is 1.87. The van der Waals surface area contributed by atoms with E-state index in [9.17, 15) is 5.11 Å². The first kappa shape index (κ1) is 11.6. The molecule has 2 heteroatoms. The average molecular weight is 220 g/mol. The summed E-state index contributed by atoms with van der Waals surface area (Å²) in [6, 6.07) is 6.23. The summed E-state index contributed by atoms with van der Waals surface area (Å²) in [5, 5.41) is 10.4. The van der Waals surface area contributed by atoms with E-state index in [0.717, 1.165) is 24.8 Å². The molecule has 0 spiro atoms. The van der Waals surface area contributed by atoms with Crippen molar-refractivity contribution in [3.05, 3.63) is 34.9 Å². The van der Waals surface area contributed by atoms with Gasteiger partial charge in [-0.15, -0.1) is 0 Å². The van der Waals surface area contributed by atoms with Gasteiger partial charge in [0.15, 0.2) is 0 Å². The van der Waals surface area contributed by atoms with Gasteiger partial charge in [0.1, 0.15) is 6.10 Å². The van der Waals surface area contributed by atoms with Crippen molar-refractivity contribution < 1.29 is 9.84 Å². The summed E-state index contributed by atoms with van der Waals surface area (Å²) in [6.45, 7) is 4.12. The minimum atomic E-state index is -0.496. The molecule has 1 aliphatic carbocycles. The molecule has 0 bridgehead atoms. The maximum absolute atomic E-state index is 10.4. The second-order valence-corrected chi connectivity index (χ2v) is 4.95. The second kappa shape index (κ2) is 4.19. The van der Waals surface area contributed by atoms with Gasteiger partial charge < -0.3 is 9.84 Å². The standard InChI is InChI=1S/C14H20O2/c1-10-7-11(2)9-12(8-10)13(15)14(16-3)5-4-6-14/h7-9,13,15H,4-6H2,1-3H3. The normalized spacial score (nSPS) is 20.2. The van der Waals surface area contributed by atoms with E-state index in [4.69, 9.17) is 4.74 Å². The molecule has 0 aliphatic heterocycles. The number of rotatable bonds is 3. The Morgan fingerprint density at radius 2 is 1.75 bits per heavy atom. The molecule has 1 atom stereocenters. The first-order valence-electron chi connectivity index (χ1n) is 5.89. The molecule has 2 rings (SSSR count). The Bertz CT molecular complexity index is 355. The molecule has 1 N–H and O–H groups in total.